The maximum absolute atomic E-state index is 11.9. The van der Waals surface area contributed by atoms with E-state index in [4.69, 9.17) is 16.7 Å². The molecule has 6 nitrogen and oxygen atoms in total. The second kappa shape index (κ2) is 5.97. The van der Waals surface area contributed by atoms with Crippen LogP contribution in [0.4, 0.5) is 0 Å². The molecule has 19 heavy (non-hydrogen) atoms. The molecule has 1 fully saturated rings. The molecular weight excluding hydrogens is 270 g/mol. The van der Waals surface area contributed by atoms with Gasteiger partial charge >= 0.3 is 5.97 Å². The van der Waals surface area contributed by atoms with Gasteiger partial charge in [0, 0.05) is 6.04 Å². The van der Waals surface area contributed by atoms with Gasteiger partial charge in [-0.1, -0.05) is 18.0 Å². The summed E-state index contributed by atoms with van der Waals surface area (Å²) in [7, 11) is 0. The number of hydrogen-bond acceptors (Lipinski definition) is 4. The van der Waals surface area contributed by atoms with E-state index in [1.165, 1.54) is 12.4 Å². The number of rotatable bonds is 3. The predicted molar refractivity (Wildman–Crippen MR) is 67.9 cm³/mol. The molecule has 1 saturated carbocycles. The molecule has 1 aliphatic carbocycles. The van der Waals surface area contributed by atoms with Crippen LogP contribution in [0.1, 0.15) is 36.2 Å². The van der Waals surface area contributed by atoms with Crippen molar-refractivity contribution in [1.82, 2.24) is 15.3 Å². The van der Waals surface area contributed by atoms with Crippen LogP contribution < -0.4 is 5.32 Å². The maximum atomic E-state index is 11.9. The van der Waals surface area contributed by atoms with E-state index in [1.54, 1.807) is 0 Å². The highest BCUT2D eigenvalue weighted by Gasteiger charge is 2.28. The number of carboxylic acids is 1. The minimum absolute atomic E-state index is 0.125. The van der Waals surface area contributed by atoms with Gasteiger partial charge in [0.15, 0.2) is 0 Å². The Morgan fingerprint density at radius 1 is 1.32 bits per heavy atom. The smallest absolute Gasteiger partial charge is 0.306 e. The van der Waals surface area contributed by atoms with Crippen LogP contribution in [0.15, 0.2) is 12.4 Å². The third-order valence-electron chi connectivity index (χ3n) is 3.21. The lowest BCUT2D eigenvalue weighted by Crippen LogP contribution is -2.40. The normalized spacial score (nSPS) is 22.8. The molecule has 2 N–H and O–H groups in total. The van der Waals surface area contributed by atoms with E-state index >= 15 is 0 Å². The van der Waals surface area contributed by atoms with Gasteiger partial charge in [-0.15, -0.1) is 0 Å². The van der Waals surface area contributed by atoms with E-state index in [-0.39, 0.29) is 28.7 Å². The standard InChI is InChI=1S/C12H14ClN3O3/c13-10-6-14-9(5-15-10)11(17)16-8-3-1-2-7(4-8)12(18)19/h5-8H,1-4H2,(H,16,17)(H,18,19). The fourth-order valence-corrected chi connectivity index (χ4v) is 2.33. The molecule has 1 aliphatic rings. The first-order valence-electron chi connectivity index (χ1n) is 6.07. The first-order chi connectivity index (χ1) is 9.06. The number of aliphatic carboxylic acids is 1. The zero-order valence-electron chi connectivity index (χ0n) is 10.2. The van der Waals surface area contributed by atoms with E-state index in [9.17, 15) is 9.59 Å². The van der Waals surface area contributed by atoms with E-state index in [0.717, 1.165) is 12.8 Å². The van der Waals surface area contributed by atoms with Crippen molar-refractivity contribution in [1.29, 1.82) is 0 Å². The Bertz CT molecular complexity index is 478. The number of carbonyl (C=O) groups excluding carboxylic acids is 1. The Labute approximate surface area is 115 Å². The second-order valence-electron chi connectivity index (χ2n) is 4.60. The Hall–Kier alpha value is -1.69. The number of aromatic nitrogens is 2. The van der Waals surface area contributed by atoms with Gasteiger partial charge in [-0.2, -0.15) is 0 Å². The summed E-state index contributed by atoms with van der Waals surface area (Å²) in [4.78, 5) is 30.5. The van der Waals surface area contributed by atoms with Crippen molar-refractivity contribution in [2.45, 2.75) is 31.7 Å². The Balaban J connectivity index is 1.95. The first-order valence-corrected chi connectivity index (χ1v) is 6.45. The third-order valence-corrected chi connectivity index (χ3v) is 3.41. The van der Waals surface area contributed by atoms with Crippen LogP contribution >= 0.6 is 11.6 Å². The van der Waals surface area contributed by atoms with Crippen LogP contribution in [0.5, 0.6) is 0 Å². The SMILES string of the molecule is O=C(NC1CCCC(C(=O)O)C1)c1cnc(Cl)cn1. The van der Waals surface area contributed by atoms with Crippen LogP contribution in [0.3, 0.4) is 0 Å². The molecule has 0 aromatic carbocycles. The monoisotopic (exact) mass is 283 g/mol. The third kappa shape index (κ3) is 3.64. The average Bonchev–Trinajstić information content (AvgIpc) is 2.39. The summed E-state index contributed by atoms with van der Waals surface area (Å²) in [5, 5.41) is 12.0. The van der Waals surface area contributed by atoms with Gasteiger partial charge in [-0.3, -0.25) is 9.59 Å². The van der Waals surface area contributed by atoms with E-state index in [0.29, 0.717) is 12.8 Å². The molecule has 2 unspecified atom stereocenters. The van der Waals surface area contributed by atoms with Crippen molar-refractivity contribution in [2.24, 2.45) is 5.92 Å². The molecular formula is C12H14ClN3O3. The summed E-state index contributed by atoms with van der Waals surface area (Å²) >= 11 is 5.59. The molecule has 1 aromatic rings. The molecule has 0 saturated heterocycles. The summed E-state index contributed by atoms with van der Waals surface area (Å²) in [5.41, 5.74) is 0.182. The molecule has 0 spiro atoms. The Morgan fingerprint density at radius 2 is 2.11 bits per heavy atom. The van der Waals surface area contributed by atoms with Crippen molar-refractivity contribution < 1.29 is 14.7 Å². The van der Waals surface area contributed by atoms with Crippen LogP contribution in [0, 0.1) is 5.92 Å². The second-order valence-corrected chi connectivity index (χ2v) is 4.98. The molecule has 102 valence electrons. The Kier molecular flexibility index (Phi) is 4.31. The summed E-state index contributed by atoms with van der Waals surface area (Å²) in [6, 6.07) is -0.125. The first kappa shape index (κ1) is 13.7. The number of nitrogens with one attached hydrogen (secondary N) is 1. The van der Waals surface area contributed by atoms with Crippen LogP contribution in [-0.2, 0) is 4.79 Å². The summed E-state index contributed by atoms with van der Waals surface area (Å²) < 4.78 is 0. The van der Waals surface area contributed by atoms with Crippen molar-refractivity contribution in [2.75, 3.05) is 0 Å². The maximum Gasteiger partial charge on any atom is 0.306 e. The lowest BCUT2D eigenvalue weighted by atomic mass is 9.86. The Morgan fingerprint density at radius 3 is 2.74 bits per heavy atom. The van der Waals surface area contributed by atoms with Crippen LogP contribution in [0.2, 0.25) is 5.15 Å². The molecule has 2 atom stereocenters. The van der Waals surface area contributed by atoms with E-state index in [1.807, 2.05) is 0 Å². The van der Waals surface area contributed by atoms with Crippen molar-refractivity contribution in [3.05, 3.63) is 23.2 Å². The fourth-order valence-electron chi connectivity index (χ4n) is 2.23. The fraction of sp³-hybridized carbons (Fsp3) is 0.500. The number of carboxylic acid groups (broad SMARTS) is 1. The molecule has 1 aromatic heterocycles. The van der Waals surface area contributed by atoms with Gasteiger partial charge < -0.3 is 10.4 Å². The number of halogens is 1. The molecule has 1 amide bonds. The van der Waals surface area contributed by atoms with Crippen LogP contribution in [-0.4, -0.2) is 33.0 Å². The van der Waals surface area contributed by atoms with Gasteiger partial charge in [0.1, 0.15) is 10.8 Å². The van der Waals surface area contributed by atoms with Crippen LogP contribution in [0.25, 0.3) is 0 Å². The highest BCUT2D eigenvalue weighted by molar-refractivity contribution is 6.29. The van der Waals surface area contributed by atoms with Crippen molar-refractivity contribution in [3.63, 3.8) is 0 Å². The van der Waals surface area contributed by atoms with Crippen molar-refractivity contribution >= 4 is 23.5 Å². The highest BCUT2D eigenvalue weighted by Crippen LogP contribution is 2.24. The zero-order chi connectivity index (χ0) is 13.8. The summed E-state index contributed by atoms with van der Waals surface area (Å²) in [5.74, 6) is -1.53. The van der Waals surface area contributed by atoms with E-state index < -0.39 is 5.97 Å². The lowest BCUT2D eigenvalue weighted by Gasteiger charge is -2.27. The molecule has 0 aliphatic heterocycles. The molecule has 0 radical (unpaired) electrons. The molecule has 2 rings (SSSR count). The van der Waals surface area contributed by atoms with Gasteiger partial charge in [0.2, 0.25) is 0 Å². The van der Waals surface area contributed by atoms with Gasteiger partial charge in [-0.05, 0) is 19.3 Å². The minimum Gasteiger partial charge on any atom is -0.481 e. The average molecular weight is 284 g/mol. The predicted octanol–water partition coefficient (Wildman–Crippen LogP) is 1.50. The van der Waals surface area contributed by atoms with Crippen molar-refractivity contribution in [3.8, 4) is 0 Å². The molecule has 1 heterocycles. The topological polar surface area (TPSA) is 92.2 Å². The van der Waals surface area contributed by atoms with Gasteiger partial charge in [-0.25, -0.2) is 9.97 Å². The quantitative estimate of drug-likeness (QED) is 0.877. The van der Waals surface area contributed by atoms with Gasteiger partial charge in [0.25, 0.3) is 5.91 Å². The molecule has 7 heteroatoms. The van der Waals surface area contributed by atoms with Gasteiger partial charge in [0.05, 0.1) is 18.3 Å². The molecule has 0 bridgehead atoms. The highest BCUT2D eigenvalue weighted by atomic mass is 35.5. The summed E-state index contributed by atoms with van der Waals surface area (Å²) in [6.07, 6.45) is 5.32. The number of nitrogens with zero attached hydrogens (tertiary/aromatic N) is 2. The lowest BCUT2D eigenvalue weighted by molar-refractivity contribution is -0.143. The summed E-state index contributed by atoms with van der Waals surface area (Å²) in [6.45, 7) is 0. The van der Waals surface area contributed by atoms with E-state index in [2.05, 4.69) is 15.3 Å². The zero-order valence-corrected chi connectivity index (χ0v) is 10.9. The number of hydrogen-bond donors (Lipinski definition) is 2. The number of amides is 1. The number of carbonyl (C=O) groups is 2. The minimum atomic E-state index is -0.801. The largest absolute Gasteiger partial charge is 0.481 e.